The number of nitrogens with zero attached hydrogens (tertiary/aromatic N) is 2. The second-order valence-corrected chi connectivity index (χ2v) is 26.3. The zero-order chi connectivity index (χ0) is 47.9. The van der Waals surface area contributed by atoms with Gasteiger partial charge in [-0.15, -0.1) is 11.3 Å². The van der Waals surface area contributed by atoms with Crippen molar-refractivity contribution in [2.24, 2.45) is 0 Å². The minimum absolute atomic E-state index is 0.0365. The Labute approximate surface area is 417 Å². The van der Waals surface area contributed by atoms with Gasteiger partial charge in [0.1, 0.15) is 0 Å². The van der Waals surface area contributed by atoms with Crippen molar-refractivity contribution in [2.45, 2.75) is 116 Å². The van der Waals surface area contributed by atoms with Gasteiger partial charge in [-0.2, -0.15) is 0 Å². The van der Waals surface area contributed by atoms with Gasteiger partial charge in [0.15, 0.2) is 0 Å². The highest BCUT2D eigenvalue weighted by Crippen LogP contribution is 2.56. The third-order valence-electron chi connectivity index (χ3n) is 18.6. The third kappa shape index (κ3) is 5.06. The van der Waals surface area contributed by atoms with Gasteiger partial charge in [-0.25, -0.2) is 0 Å². The summed E-state index contributed by atoms with van der Waals surface area (Å²) in [5.41, 5.74) is 27.5. The fraction of sp³-hybridized carbons (Fsp3) is 0.273. The highest BCUT2D eigenvalue weighted by atomic mass is 32.1. The summed E-state index contributed by atoms with van der Waals surface area (Å²) in [5, 5.41) is 5.44. The lowest BCUT2D eigenvalue weighted by Crippen LogP contribution is -2.60. The smallest absolute Gasteiger partial charge is 0.333 e. The fourth-order valence-corrected chi connectivity index (χ4v) is 15.7. The van der Waals surface area contributed by atoms with Crippen LogP contribution in [0, 0.1) is 0 Å². The van der Waals surface area contributed by atoms with Crippen LogP contribution in [-0.2, 0) is 27.1 Å². The largest absolute Gasteiger partial charge is 0.376 e. The van der Waals surface area contributed by atoms with Crippen molar-refractivity contribution in [2.75, 3.05) is 4.81 Å². The molecule has 0 N–H and O–H groups in total. The van der Waals surface area contributed by atoms with Crippen LogP contribution in [0.2, 0.25) is 0 Å². The van der Waals surface area contributed by atoms with Gasteiger partial charge in [0.25, 0.3) is 0 Å². The molecule has 0 radical (unpaired) electrons. The first kappa shape index (κ1) is 41.4. The summed E-state index contributed by atoms with van der Waals surface area (Å²) in [7, 11) is 0. The van der Waals surface area contributed by atoms with E-state index in [4.69, 9.17) is 0 Å². The lowest BCUT2D eigenvalue weighted by molar-refractivity contribution is 0.332. The Hall–Kier alpha value is -6.36. The van der Waals surface area contributed by atoms with Crippen molar-refractivity contribution >= 4 is 82.5 Å². The van der Waals surface area contributed by atoms with Gasteiger partial charge in [-0.05, 0) is 161 Å². The molecule has 15 rings (SSSR count). The highest BCUT2D eigenvalue weighted by molar-refractivity contribution is 7.25. The van der Waals surface area contributed by atoms with E-state index in [1.165, 1.54) is 155 Å². The molecule has 0 saturated carbocycles. The van der Waals surface area contributed by atoms with Gasteiger partial charge >= 0.3 is 6.85 Å². The van der Waals surface area contributed by atoms with Crippen molar-refractivity contribution in [3.8, 4) is 39.1 Å². The molecular weight excluding hydrogens is 864 g/mol. The summed E-state index contributed by atoms with van der Waals surface area (Å²) in [6, 6.07) is 53.6. The number of hydrogen-bond acceptors (Lipinski definition) is 2. The summed E-state index contributed by atoms with van der Waals surface area (Å²) >= 11 is 1.99. The maximum atomic E-state index is 2.76. The topological polar surface area (TPSA) is 8.17 Å². The number of hydrogen-bond donors (Lipinski definition) is 0. The molecular formula is C66H59BN2S. The minimum Gasteiger partial charge on any atom is -0.376 e. The van der Waals surface area contributed by atoms with Crippen molar-refractivity contribution < 1.29 is 0 Å². The molecule has 0 fully saturated rings. The molecule has 0 unspecified atom stereocenters. The van der Waals surface area contributed by atoms with Crippen molar-refractivity contribution in [1.29, 1.82) is 0 Å². The Morgan fingerprint density at radius 3 is 1.74 bits per heavy atom. The average molecular weight is 923 g/mol. The Balaban J connectivity index is 1.09. The number of aromatic nitrogens is 1. The molecule has 2 nitrogen and oxygen atoms in total. The molecule has 0 bridgehead atoms. The number of thiophene rings is 1. The maximum Gasteiger partial charge on any atom is 0.333 e. The second kappa shape index (κ2) is 12.9. The lowest BCUT2D eigenvalue weighted by atomic mass is 9.43. The van der Waals surface area contributed by atoms with Crippen molar-refractivity contribution in [1.82, 2.24) is 4.57 Å². The number of rotatable bonds is 1. The molecule has 4 heteroatoms. The first-order chi connectivity index (χ1) is 33.3. The Bertz CT molecular complexity index is 4050. The number of fused-ring (bicyclic) bond motifs is 18. The fourth-order valence-electron chi connectivity index (χ4n) is 14.5. The van der Waals surface area contributed by atoms with Gasteiger partial charge in [-0.3, -0.25) is 0 Å². The van der Waals surface area contributed by atoms with Crippen LogP contribution < -0.4 is 15.7 Å². The first-order valence-corrected chi connectivity index (χ1v) is 26.6. The summed E-state index contributed by atoms with van der Waals surface area (Å²) in [4.78, 5) is 2.76. The van der Waals surface area contributed by atoms with Crippen LogP contribution in [-0.4, -0.2) is 11.4 Å². The molecule has 70 heavy (non-hydrogen) atoms. The summed E-state index contributed by atoms with van der Waals surface area (Å²) in [6.45, 7) is 26.5. The van der Waals surface area contributed by atoms with E-state index in [9.17, 15) is 0 Å². The molecule has 342 valence electrons. The van der Waals surface area contributed by atoms with Crippen LogP contribution >= 0.6 is 11.3 Å². The maximum absolute atomic E-state index is 2.76. The van der Waals surface area contributed by atoms with Gasteiger partial charge in [0, 0.05) is 64.4 Å². The Kier molecular flexibility index (Phi) is 7.66. The van der Waals surface area contributed by atoms with E-state index in [0.29, 0.717) is 0 Å². The Morgan fingerprint density at radius 1 is 0.471 bits per heavy atom. The molecule has 0 saturated heterocycles. The number of anilines is 2. The van der Waals surface area contributed by atoms with Crippen molar-refractivity contribution in [3.63, 3.8) is 0 Å². The number of benzene rings is 8. The summed E-state index contributed by atoms with van der Waals surface area (Å²) < 4.78 is 5.48. The van der Waals surface area contributed by atoms with Gasteiger partial charge < -0.3 is 9.38 Å². The van der Waals surface area contributed by atoms with E-state index in [1.54, 1.807) is 0 Å². The van der Waals surface area contributed by atoms with E-state index < -0.39 is 0 Å². The second-order valence-electron chi connectivity index (χ2n) is 25.2. The quantitative estimate of drug-likeness (QED) is 0.149. The van der Waals surface area contributed by atoms with Gasteiger partial charge in [0.05, 0.1) is 11.0 Å². The van der Waals surface area contributed by atoms with Crippen LogP contribution in [0.5, 0.6) is 0 Å². The standard InChI is InChI=1S/C66H59BN2S/c1-62(2,3)36-20-22-37(23-21-36)69-56-31-47-46-29-52-53(64(6,7)27-26-63(52,4)5)35-59(46)70-58(47)32-45(56)40-24-25-41-44-28-42-38-16-12-14-18-48(38)65(8,9)50(42)33-55(44)68-57-34-51-43(30-54(57)67(69)60(40)61(41)68)39-17-13-15-19-49(39)66(51,10)11/h12-25,28-35H,26-27H2,1-11H3. The molecule has 2 aliphatic heterocycles. The molecule has 5 aliphatic rings. The minimum atomic E-state index is -0.147. The van der Waals surface area contributed by atoms with E-state index in [-0.39, 0.29) is 33.9 Å². The zero-order valence-corrected chi connectivity index (χ0v) is 43.3. The van der Waals surface area contributed by atoms with Crippen LogP contribution in [0.15, 0.2) is 133 Å². The molecule has 0 amide bonds. The molecule has 0 spiro atoms. The lowest BCUT2D eigenvalue weighted by Gasteiger charge is -2.42. The summed E-state index contributed by atoms with van der Waals surface area (Å²) in [6.07, 6.45) is 2.42. The van der Waals surface area contributed by atoms with Crippen LogP contribution in [0.25, 0.3) is 81.0 Å². The molecule has 8 aromatic carbocycles. The molecule has 10 aromatic rings. The predicted molar refractivity (Wildman–Crippen MR) is 302 cm³/mol. The van der Waals surface area contributed by atoms with Crippen LogP contribution in [0.4, 0.5) is 11.4 Å². The summed E-state index contributed by atoms with van der Waals surface area (Å²) in [5.74, 6) is 0. The molecule has 4 heterocycles. The average Bonchev–Trinajstić information content (AvgIpc) is 4.00. The Morgan fingerprint density at radius 2 is 1.07 bits per heavy atom. The zero-order valence-electron chi connectivity index (χ0n) is 42.5. The first-order valence-electron chi connectivity index (χ1n) is 25.8. The van der Waals surface area contributed by atoms with Crippen LogP contribution in [0.3, 0.4) is 0 Å². The van der Waals surface area contributed by atoms with E-state index in [1.807, 2.05) is 11.3 Å². The highest BCUT2D eigenvalue weighted by Gasteiger charge is 2.47. The monoisotopic (exact) mass is 922 g/mol. The van der Waals surface area contributed by atoms with E-state index in [2.05, 4.69) is 219 Å². The van der Waals surface area contributed by atoms with Crippen LogP contribution in [0.1, 0.15) is 128 Å². The van der Waals surface area contributed by atoms with E-state index in [0.717, 1.165) is 0 Å². The molecule has 2 aromatic heterocycles. The SMILES string of the molecule is CC(C)(C)c1ccc(N2B3c4cc5c(cc4-n4c6cc7c(cc6c6ccc(c3c64)-c3cc4sc6cc8c(cc6c4cc32)C(C)(C)CCC8(C)C)-c2ccccc2C7(C)C)C(C)(C)c2ccccc2-5)cc1. The normalized spacial score (nSPS) is 17.9. The molecule has 3 aliphatic carbocycles. The van der Waals surface area contributed by atoms with Gasteiger partial charge in [-0.1, -0.05) is 155 Å². The molecule has 0 atom stereocenters. The van der Waals surface area contributed by atoms with Gasteiger partial charge in [0.2, 0.25) is 0 Å². The third-order valence-corrected chi connectivity index (χ3v) is 19.7. The van der Waals surface area contributed by atoms with Crippen molar-refractivity contribution in [3.05, 3.63) is 172 Å². The predicted octanol–water partition coefficient (Wildman–Crippen LogP) is 16.6. The van der Waals surface area contributed by atoms with E-state index >= 15 is 0 Å².